The second-order valence-corrected chi connectivity index (χ2v) is 4.92. The van der Waals surface area contributed by atoms with Crippen LogP contribution >= 0.6 is 0 Å². The number of rotatable bonds is 4. The van der Waals surface area contributed by atoms with Crippen molar-refractivity contribution in [2.24, 2.45) is 5.84 Å². The van der Waals surface area contributed by atoms with E-state index in [0.717, 1.165) is 11.5 Å². The minimum absolute atomic E-state index is 0.642. The summed E-state index contributed by atoms with van der Waals surface area (Å²) in [5.74, 6) is 6.77. The molecule has 1 fully saturated rings. The molecule has 3 rings (SSSR count). The number of nitrogens with two attached hydrogens (primary N) is 1. The minimum Gasteiger partial charge on any atom is -0.372 e. The van der Waals surface area contributed by atoms with Gasteiger partial charge in [0.15, 0.2) is 0 Å². The maximum Gasteiger partial charge on any atom is 0.142 e. The van der Waals surface area contributed by atoms with E-state index in [2.05, 4.69) is 44.9 Å². The molecule has 0 unspecified atom stereocenters. The van der Waals surface area contributed by atoms with E-state index in [4.69, 9.17) is 5.84 Å². The van der Waals surface area contributed by atoms with Crippen LogP contribution in [0.5, 0.6) is 0 Å². The van der Waals surface area contributed by atoms with E-state index >= 15 is 0 Å². The molecule has 1 aromatic heterocycles. The number of hydrogen-bond acceptors (Lipinski definition) is 5. The van der Waals surface area contributed by atoms with Crippen LogP contribution in [-0.4, -0.2) is 18.1 Å². The molecule has 0 radical (unpaired) electrons. The van der Waals surface area contributed by atoms with Crippen molar-refractivity contribution in [2.45, 2.75) is 12.8 Å². The standard InChI is InChI=1S/C15H19N5/c16-19-15-5-3-4-14(18-15)17-12-6-8-13(9-7-12)20-10-1-2-11-20/h3-9H,1-2,10-11,16H2,(H2,17,18,19). The Kier molecular flexibility index (Phi) is 3.69. The monoisotopic (exact) mass is 269 g/mol. The van der Waals surface area contributed by atoms with Gasteiger partial charge in [-0.3, -0.25) is 0 Å². The van der Waals surface area contributed by atoms with Crippen molar-refractivity contribution >= 4 is 23.0 Å². The smallest absolute Gasteiger partial charge is 0.142 e. The van der Waals surface area contributed by atoms with Gasteiger partial charge in [-0.1, -0.05) is 6.07 Å². The van der Waals surface area contributed by atoms with Gasteiger partial charge in [0, 0.05) is 24.5 Å². The Bertz CT molecular complexity index is 561. The number of benzene rings is 1. The van der Waals surface area contributed by atoms with Crippen LogP contribution in [0.2, 0.25) is 0 Å². The number of nitrogens with zero attached hydrogens (tertiary/aromatic N) is 2. The number of pyridine rings is 1. The maximum atomic E-state index is 5.36. The van der Waals surface area contributed by atoms with Gasteiger partial charge in [-0.25, -0.2) is 10.8 Å². The lowest BCUT2D eigenvalue weighted by Gasteiger charge is -2.18. The van der Waals surface area contributed by atoms with Crippen molar-refractivity contribution < 1.29 is 0 Å². The van der Waals surface area contributed by atoms with Gasteiger partial charge in [-0.05, 0) is 49.2 Å². The summed E-state index contributed by atoms with van der Waals surface area (Å²) in [7, 11) is 0. The number of nitrogens with one attached hydrogen (secondary N) is 2. The number of aromatic nitrogens is 1. The molecule has 4 N–H and O–H groups in total. The van der Waals surface area contributed by atoms with E-state index in [9.17, 15) is 0 Å². The first-order chi connectivity index (χ1) is 9.85. The Morgan fingerprint density at radius 1 is 0.950 bits per heavy atom. The van der Waals surface area contributed by atoms with Crippen molar-refractivity contribution in [1.82, 2.24) is 4.98 Å². The largest absolute Gasteiger partial charge is 0.372 e. The summed E-state index contributed by atoms with van der Waals surface area (Å²) in [6.45, 7) is 2.33. The molecule has 0 amide bonds. The molecular weight excluding hydrogens is 250 g/mol. The molecule has 2 heterocycles. The highest BCUT2D eigenvalue weighted by Crippen LogP contribution is 2.23. The Morgan fingerprint density at radius 2 is 1.65 bits per heavy atom. The van der Waals surface area contributed by atoms with E-state index in [1.165, 1.54) is 31.6 Å². The first kappa shape index (κ1) is 12.7. The van der Waals surface area contributed by atoms with E-state index in [0.29, 0.717) is 5.82 Å². The summed E-state index contributed by atoms with van der Waals surface area (Å²) in [6, 6.07) is 14.1. The average molecular weight is 269 g/mol. The molecule has 0 bridgehead atoms. The third-order valence-corrected chi connectivity index (χ3v) is 3.51. The van der Waals surface area contributed by atoms with Gasteiger partial charge in [0.1, 0.15) is 11.6 Å². The zero-order chi connectivity index (χ0) is 13.8. The van der Waals surface area contributed by atoms with Gasteiger partial charge >= 0.3 is 0 Å². The van der Waals surface area contributed by atoms with Crippen LogP contribution in [0.4, 0.5) is 23.0 Å². The second-order valence-electron chi connectivity index (χ2n) is 4.92. The highest BCUT2D eigenvalue weighted by molar-refractivity contribution is 5.62. The molecule has 1 aliphatic heterocycles. The van der Waals surface area contributed by atoms with Crippen LogP contribution in [0.25, 0.3) is 0 Å². The Hall–Kier alpha value is -2.27. The molecular formula is C15H19N5. The normalized spacial score (nSPS) is 14.3. The molecule has 0 saturated carbocycles. The number of anilines is 4. The Morgan fingerprint density at radius 3 is 2.35 bits per heavy atom. The lowest BCUT2D eigenvalue weighted by atomic mass is 10.2. The topological polar surface area (TPSA) is 66.2 Å². The quantitative estimate of drug-likeness (QED) is 0.588. The third-order valence-electron chi connectivity index (χ3n) is 3.51. The first-order valence-electron chi connectivity index (χ1n) is 6.91. The fourth-order valence-corrected chi connectivity index (χ4v) is 2.46. The molecule has 0 aliphatic carbocycles. The average Bonchev–Trinajstić information content (AvgIpc) is 3.02. The van der Waals surface area contributed by atoms with Crippen LogP contribution in [0, 0.1) is 0 Å². The van der Waals surface area contributed by atoms with Crippen molar-refractivity contribution in [3.8, 4) is 0 Å². The molecule has 5 nitrogen and oxygen atoms in total. The molecule has 1 saturated heterocycles. The van der Waals surface area contributed by atoms with Crippen LogP contribution < -0.4 is 21.5 Å². The predicted molar refractivity (Wildman–Crippen MR) is 83.2 cm³/mol. The van der Waals surface area contributed by atoms with Gasteiger partial charge in [0.2, 0.25) is 0 Å². The van der Waals surface area contributed by atoms with E-state index < -0.39 is 0 Å². The number of hydrazine groups is 1. The zero-order valence-electron chi connectivity index (χ0n) is 11.3. The first-order valence-corrected chi connectivity index (χ1v) is 6.91. The van der Waals surface area contributed by atoms with Gasteiger partial charge in [-0.2, -0.15) is 0 Å². The fraction of sp³-hybridized carbons (Fsp3) is 0.267. The maximum absolute atomic E-state index is 5.36. The molecule has 1 aromatic carbocycles. The SMILES string of the molecule is NNc1cccc(Nc2ccc(N3CCCC3)cc2)n1. The van der Waals surface area contributed by atoms with Crippen LogP contribution in [0.15, 0.2) is 42.5 Å². The highest BCUT2D eigenvalue weighted by Gasteiger charge is 2.11. The Balaban J connectivity index is 1.71. The molecule has 0 atom stereocenters. The minimum atomic E-state index is 0.642. The fourth-order valence-electron chi connectivity index (χ4n) is 2.46. The molecule has 0 spiro atoms. The lowest BCUT2D eigenvalue weighted by Crippen LogP contribution is -2.17. The van der Waals surface area contributed by atoms with E-state index in [1.54, 1.807) is 0 Å². The van der Waals surface area contributed by atoms with E-state index in [1.807, 2.05) is 18.2 Å². The third kappa shape index (κ3) is 2.83. The summed E-state index contributed by atoms with van der Waals surface area (Å²) < 4.78 is 0. The summed E-state index contributed by atoms with van der Waals surface area (Å²) in [6.07, 6.45) is 2.59. The van der Waals surface area contributed by atoms with Crippen LogP contribution in [-0.2, 0) is 0 Å². The molecule has 5 heteroatoms. The predicted octanol–water partition coefficient (Wildman–Crippen LogP) is 2.71. The summed E-state index contributed by atoms with van der Waals surface area (Å²) in [5.41, 5.74) is 4.85. The Labute approximate surface area is 118 Å². The van der Waals surface area contributed by atoms with Gasteiger partial charge in [0.25, 0.3) is 0 Å². The van der Waals surface area contributed by atoms with Crippen molar-refractivity contribution in [1.29, 1.82) is 0 Å². The zero-order valence-corrected chi connectivity index (χ0v) is 11.3. The number of hydrogen-bond donors (Lipinski definition) is 3. The van der Waals surface area contributed by atoms with Crippen molar-refractivity contribution in [3.63, 3.8) is 0 Å². The van der Waals surface area contributed by atoms with Gasteiger partial charge in [0.05, 0.1) is 0 Å². The number of nitrogen functional groups attached to an aromatic ring is 1. The van der Waals surface area contributed by atoms with Crippen LogP contribution in [0.1, 0.15) is 12.8 Å². The molecule has 2 aromatic rings. The van der Waals surface area contributed by atoms with Gasteiger partial charge in [-0.15, -0.1) is 0 Å². The summed E-state index contributed by atoms with van der Waals surface area (Å²) in [4.78, 5) is 6.75. The summed E-state index contributed by atoms with van der Waals surface area (Å²) >= 11 is 0. The molecule has 20 heavy (non-hydrogen) atoms. The molecule has 104 valence electrons. The lowest BCUT2D eigenvalue weighted by molar-refractivity contribution is 0.949. The second kappa shape index (κ2) is 5.79. The molecule has 1 aliphatic rings. The van der Waals surface area contributed by atoms with Crippen LogP contribution in [0.3, 0.4) is 0 Å². The summed E-state index contributed by atoms with van der Waals surface area (Å²) in [5, 5.41) is 3.27. The highest BCUT2D eigenvalue weighted by atomic mass is 15.3. The van der Waals surface area contributed by atoms with Crippen molar-refractivity contribution in [3.05, 3.63) is 42.5 Å². The van der Waals surface area contributed by atoms with Crippen molar-refractivity contribution in [2.75, 3.05) is 28.7 Å². The van der Waals surface area contributed by atoms with Gasteiger partial charge < -0.3 is 15.6 Å². The van der Waals surface area contributed by atoms with E-state index in [-0.39, 0.29) is 0 Å².